The number of sulfonamides is 1. The van der Waals surface area contributed by atoms with Crippen molar-refractivity contribution in [2.24, 2.45) is 0 Å². The van der Waals surface area contributed by atoms with Crippen LogP contribution in [0.2, 0.25) is 0 Å². The van der Waals surface area contributed by atoms with Gasteiger partial charge in [0.25, 0.3) is 10.0 Å². The van der Waals surface area contributed by atoms with E-state index in [0.717, 1.165) is 36.9 Å². The number of hydrogen-bond donors (Lipinski definition) is 2. The summed E-state index contributed by atoms with van der Waals surface area (Å²) in [6.07, 6.45) is 1.32. The fourth-order valence-electron chi connectivity index (χ4n) is 2.39. The molecule has 0 spiro atoms. The molecule has 0 unspecified atom stereocenters. The van der Waals surface area contributed by atoms with Gasteiger partial charge in [-0.15, -0.1) is 0 Å². The Morgan fingerprint density at radius 1 is 1.36 bits per heavy atom. The van der Waals surface area contributed by atoms with E-state index in [2.05, 4.69) is 31.2 Å². The zero-order valence-corrected chi connectivity index (χ0v) is 13.7. The first-order valence-corrected chi connectivity index (χ1v) is 9.18. The number of anilines is 2. The van der Waals surface area contributed by atoms with E-state index in [0.29, 0.717) is 6.04 Å². The van der Waals surface area contributed by atoms with Crippen molar-refractivity contribution in [2.45, 2.75) is 17.9 Å². The zero-order chi connectivity index (χ0) is 15.6. The van der Waals surface area contributed by atoms with Gasteiger partial charge in [0.05, 0.1) is 4.90 Å². The second kappa shape index (κ2) is 6.19. The lowest BCUT2D eigenvalue weighted by atomic mass is 10.2. The molecule has 1 fully saturated rings. The lowest BCUT2D eigenvalue weighted by Gasteiger charge is -2.33. The molecule has 118 valence electrons. The molecule has 0 bridgehead atoms. The quantitative estimate of drug-likeness (QED) is 0.868. The monoisotopic (exact) mass is 339 g/mol. The number of rotatable bonds is 4. The fourth-order valence-corrected chi connectivity index (χ4v) is 4.06. The van der Waals surface area contributed by atoms with Crippen LogP contribution in [0.5, 0.6) is 0 Å². The van der Waals surface area contributed by atoms with Crippen molar-refractivity contribution < 1.29 is 8.42 Å². The molecule has 3 rings (SSSR count). The molecule has 1 aromatic carbocycles. The van der Waals surface area contributed by atoms with Crippen LogP contribution in [0.4, 0.5) is 10.8 Å². The van der Waals surface area contributed by atoms with Gasteiger partial charge < -0.3 is 10.2 Å². The third-order valence-corrected chi connectivity index (χ3v) is 5.53. The van der Waals surface area contributed by atoms with Crippen molar-refractivity contribution in [1.29, 1.82) is 0 Å². The van der Waals surface area contributed by atoms with Crippen LogP contribution in [0.3, 0.4) is 0 Å². The van der Waals surface area contributed by atoms with Crippen LogP contribution in [0, 0.1) is 0 Å². The van der Waals surface area contributed by atoms with Crippen molar-refractivity contribution >= 4 is 32.4 Å². The minimum Gasteiger partial charge on any atom is -0.369 e. The van der Waals surface area contributed by atoms with Gasteiger partial charge in [-0.05, 0) is 31.2 Å². The number of aromatic nitrogens is 2. The average molecular weight is 339 g/mol. The standard InChI is InChI=1S/C13H17N5O2S2/c1-10-8-18(7-6-14-10)11-2-4-12(5-3-11)22(19,20)17-13-15-9-16-21-13/h2-5,9-10,14H,6-8H2,1H3,(H,15,16,17)/t10-/m0/s1. The minimum atomic E-state index is -3.61. The van der Waals surface area contributed by atoms with Crippen LogP contribution in [-0.2, 0) is 10.0 Å². The van der Waals surface area contributed by atoms with Crippen LogP contribution < -0.4 is 14.9 Å². The smallest absolute Gasteiger partial charge is 0.263 e. The Kier molecular flexibility index (Phi) is 4.27. The summed E-state index contributed by atoms with van der Waals surface area (Å²) in [7, 11) is -3.61. The van der Waals surface area contributed by atoms with E-state index in [4.69, 9.17) is 0 Å². The van der Waals surface area contributed by atoms with Gasteiger partial charge in [-0.25, -0.2) is 13.4 Å². The molecule has 2 aromatic rings. The van der Waals surface area contributed by atoms with Gasteiger partial charge in [-0.3, -0.25) is 4.72 Å². The van der Waals surface area contributed by atoms with E-state index < -0.39 is 10.0 Å². The first-order chi connectivity index (χ1) is 10.5. The van der Waals surface area contributed by atoms with Crippen molar-refractivity contribution in [1.82, 2.24) is 14.7 Å². The van der Waals surface area contributed by atoms with Crippen LogP contribution in [0.25, 0.3) is 0 Å². The SMILES string of the molecule is C[C@H]1CN(c2ccc(S(=O)(=O)Nc3ncns3)cc2)CCN1. The number of benzene rings is 1. The molecule has 7 nitrogen and oxygen atoms in total. The maximum Gasteiger partial charge on any atom is 0.263 e. The van der Waals surface area contributed by atoms with Crippen LogP contribution >= 0.6 is 11.5 Å². The van der Waals surface area contributed by atoms with Gasteiger partial charge in [-0.2, -0.15) is 4.37 Å². The molecule has 1 aromatic heterocycles. The normalized spacial score (nSPS) is 19.1. The highest BCUT2D eigenvalue weighted by Crippen LogP contribution is 2.21. The Balaban J connectivity index is 1.76. The minimum absolute atomic E-state index is 0.217. The Morgan fingerprint density at radius 3 is 2.77 bits per heavy atom. The van der Waals surface area contributed by atoms with Crippen molar-refractivity contribution in [3.63, 3.8) is 0 Å². The number of nitrogens with one attached hydrogen (secondary N) is 2. The lowest BCUT2D eigenvalue weighted by Crippen LogP contribution is -2.49. The molecule has 1 atom stereocenters. The molecule has 0 amide bonds. The first kappa shape index (κ1) is 15.2. The van der Waals surface area contributed by atoms with E-state index >= 15 is 0 Å². The van der Waals surface area contributed by atoms with Gasteiger partial charge in [0.2, 0.25) is 5.13 Å². The maximum absolute atomic E-state index is 12.2. The molecule has 2 heterocycles. The van der Waals surface area contributed by atoms with Crippen molar-refractivity contribution in [3.05, 3.63) is 30.6 Å². The van der Waals surface area contributed by atoms with Crippen LogP contribution in [0.1, 0.15) is 6.92 Å². The third kappa shape index (κ3) is 3.37. The van der Waals surface area contributed by atoms with Gasteiger partial charge in [-0.1, -0.05) is 0 Å². The van der Waals surface area contributed by atoms with Crippen LogP contribution in [0.15, 0.2) is 35.5 Å². The lowest BCUT2D eigenvalue weighted by molar-refractivity contribution is 0.485. The first-order valence-electron chi connectivity index (χ1n) is 6.92. The predicted molar refractivity (Wildman–Crippen MR) is 86.8 cm³/mol. The summed E-state index contributed by atoms with van der Waals surface area (Å²) in [5, 5.41) is 3.65. The summed E-state index contributed by atoms with van der Waals surface area (Å²) in [6, 6.07) is 7.34. The van der Waals surface area contributed by atoms with E-state index in [1.54, 1.807) is 12.1 Å². The second-order valence-corrected chi connectivity index (χ2v) is 7.61. The number of hydrogen-bond acceptors (Lipinski definition) is 7. The average Bonchev–Trinajstić information content (AvgIpc) is 2.99. The summed E-state index contributed by atoms with van der Waals surface area (Å²) in [5.74, 6) is 0. The molecular weight excluding hydrogens is 322 g/mol. The Morgan fingerprint density at radius 2 is 2.14 bits per heavy atom. The molecule has 1 aliphatic heterocycles. The highest BCUT2D eigenvalue weighted by atomic mass is 32.2. The molecule has 22 heavy (non-hydrogen) atoms. The predicted octanol–water partition coefficient (Wildman–Crippen LogP) is 1.14. The summed E-state index contributed by atoms with van der Waals surface area (Å²) in [4.78, 5) is 6.29. The molecule has 0 aliphatic carbocycles. The van der Waals surface area contributed by atoms with Gasteiger partial charge >= 0.3 is 0 Å². The Hall–Kier alpha value is -1.71. The third-order valence-electron chi connectivity index (χ3n) is 3.46. The summed E-state index contributed by atoms with van der Waals surface area (Å²) < 4.78 is 30.7. The molecule has 1 aliphatic rings. The van der Waals surface area contributed by atoms with E-state index in [1.807, 2.05) is 12.1 Å². The summed E-state index contributed by atoms with van der Waals surface area (Å²) in [5.41, 5.74) is 1.03. The van der Waals surface area contributed by atoms with Gasteiger partial charge in [0.15, 0.2) is 0 Å². The largest absolute Gasteiger partial charge is 0.369 e. The van der Waals surface area contributed by atoms with E-state index in [-0.39, 0.29) is 10.0 Å². The molecule has 2 N–H and O–H groups in total. The zero-order valence-electron chi connectivity index (χ0n) is 12.1. The number of piperazine rings is 1. The highest BCUT2D eigenvalue weighted by molar-refractivity contribution is 7.93. The Labute approximate surface area is 133 Å². The number of nitrogens with zero attached hydrogens (tertiary/aromatic N) is 3. The topological polar surface area (TPSA) is 87.2 Å². The summed E-state index contributed by atoms with van der Waals surface area (Å²) in [6.45, 7) is 4.89. The molecular formula is C13H17N5O2S2. The van der Waals surface area contributed by atoms with Crippen LogP contribution in [-0.4, -0.2) is 43.5 Å². The van der Waals surface area contributed by atoms with Gasteiger partial charge in [0.1, 0.15) is 6.33 Å². The molecule has 1 saturated heterocycles. The Bertz CT molecular complexity index is 715. The molecule has 0 radical (unpaired) electrons. The van der Waals surface area contributed by atoms with E-state index in [9.17, 15) is 8.42 Å². The molecule has 9 heteroatoms. The van der Waals surface area contributed by atoms with Crippen molar-refractivity contribution in [2.75, 3.05) is 29.3 Å². The maximum atomic E-state index is 12.2. The van der Waals surface area contributed by atoms with Crippen molar-refractivity contribution in [3.8, 4) is 0 Å². The summed E-state index contributed by atoms with van der Waals surface area (Å²) >= 11 is 1.00. The van der Waals surface area contributed by atoms with Gasteiger partial charge in [0, 0.05) is 42.9 Å². The fraction of sp³-hybridized carbons (Fsp3) is 0.385. The second-order valence-electron chi connectivity index (χ2n) is 5.15. The van der Waals surface area contributed by atoms with E-state index in [1.165, 1.54) is 6.33 Å². The highest BCUT2D eigenvalue weighted by Gasteiger charge is 2.18. The molecule has 0 saturated carbocycles.